The van der Waals surface area contributed by atoms with Gasteiger partial charge in [0.15, 0.2) is 5.17 Å². The predicted molar refractivity (Wildman–Crippen MR) is 84.4 cm³/mol. The largest absolute Gasteiger partial charge is 0.494 e. The van der Waals surface area contributed by atoms with E-state index in [-0.39, 0.29) is 0 Å². The van der Waals surface area contributed by atoms with Crippen molar-refractivity contribution in [1.29, 1.82) is 0 Å². The molecule has 0 aliphatic carbocycles. The predicted octanol–water partition coefficient (Wildman–Crippen LogP) is 4.01. The lowest BCUT2D eigenvalue weighted by atomic mass is 10.1. The number of hydrogen-bond acceptors (Lipinski definition) is 4. The molecule has 1 atom stereocenters. The molecule has 0 fully saturated rings. The van der Waals surface area contributed by atoms with Crippen LogP contribution >= 0.6 is 11.8 Å². The van der Waals surface area contributed by atoms with E-state index in [0.717, 1.165) is 29.1 Å². The van der Waals surface area contributed by atoms with E-state index >= 15 is 0 Å². The Bertz CT molecular complexity index is 446. The fraction of sp³-hybridized carbons (Fsp3) is 0.533. The third-order valence-electron chi connectivity index (χ3n) is 2.85. The summed E-state index contributed by atoms with van der Waals surface area (Å²) in [6, 6.07) is 8.03. The highest BCUT2D eigenvalue weighted by Gasteiger charge is 2.20. The van der Waals surface area contributed by atoms with Crippen molar-refractivity contribution in [3.63, 3.8) is 0 Å². The summed E-state index contributed by atoms with van der Waals surface area (Å²) < 4.78 is 5.50. The maximum atomic E-state index is 5.50. The van der Waals surface area contributed by atoms with Gasteiger partial charge in [0.1, 0.15) is 5.75 Å². The zero-order chi connectivity index (χ0) is 13.7. The molecule has 1 aliphatic heterocycles. The van der Waals surface area contributed by atoms with Gasteiger partial charge in [0, 0.05) is 17.0 Å². The van der Waals surface area contributed by atoms with E-state index in [0.29, 0.717) is 11.9 Å². The second-order valence-electron chi connectivity index (χ2n) is 5.10. The minimum absolute atomic E-state index is 0.623. The highest BCUT2D eigenvalue weighted by molar-refractivity contribution is 8.15. The number of thioether (sulfide) groups is 1. The maximum absolute atomic E-state index is 5.50. The average Bonchev–Trinajstić information content (AvgIpc) is 2.76. The number of nitrogens with zero attached hydrogens (tertiary/aromatic N) is 1. The number of hydrogen-bond donors (Lipinski definition) is 1. The zero-order valence-electron chi connectivity index (χ0n) is 11.8. The number of nitrogens with one attached hydrogen (secondary N) is 1. The van der Waals surface area contributed by atoms with Crippen LogP contribution in [0.4, 0.5) is 5.69 Å². The monoisotopic (exact) mass is 278 g/mol. The highest BCUT2D eigenvalue weighted by Crippen LogP contribution is 2.28. The Balaban J connectivity index is 1.90. The molecule has 0 aromatic heterocycles. The van der Waals surface area contributed by atoms with Crippen molar-refractivity contribution in [3.8, 4) is 5.75 Å². The van der Waals surface area contributed by atoms with Crippen molar-refractivity contribution in [3.05, 3.63) is 24.3 Å². The topological polar surface area (TPSA) is 33.6 Å². The van der Waals surface area contributed by atoms with Crippen molar-refractivity contribution >= 4 is 22.6 Å². The van der Waals surface area contributed by atoms with Gasteiger partial charge in [-0.25, -0.2) is 0 Å². The van der Waals surface area contributed by atoms with Crippen molar-refractivity contribution < 1.29 is 4.74 Å². The quantitative estimate of drug-likeness (QED) is 0.883. The van der Waals surface area contributed by atoms with E-state index in [1.54, 1.807) is 0 Å². The van der Waals surface area contributed by atoms with Crippen molar-refractivity contribution in [2.24, 2.45) is 10.9 Å². The molecule has 2 rings (SSSR count). The summed E-state index contributed by atoms with van der Waals surface area (Å²) in [5.74, 6) is 1.63. The van der Waals surface area contributed by atoms with Crippen molar-refractivity contribution in [2.75, 3.05) is 18.5 Å². The summed E-state index contributed by atoms with van der Waals surface area (Å²) in [5, 5.41) is 5.03. The van der Waals surface area contributed by atoms with Crippen LogP contribution in [0.25, 0.3) is 0 Å². The van der Waals surface area contributed by atoms with Crippen LogP contribution in [0, 0.1) is 5.92 Å². The summed E-state index contributed by atoms with van der Waals surface area (Å²) in [4.78, 5) is 4.57. The van der Waals surface area contributed by atoms with Crippen LogP contribution in [0.3, 0.4) is 0 Å². The van der Waals surface area contributed by atoms with Gasteiger partial charge in [-0.3, -0.25) is 4.99 Å². The normalized spacial score (nSPS) is 18.5. The molecule has 3 nitrogen and oxygen atoms in total. The summed E-state index contributed by atoms with van der Waals surface area (Å²) in [6.07, 6.45) is 1.22. The molecule has 1 aromatic carbocycles. The lowest BCUT2D eigenvalue weighted by Gasteiger charge is -2.11. The van der Waals surface area contributed by atoms with Gasteiger partial charge in [-0.15, -0.1) is 0 Å². The molecule has 0 saturated carbocycles. The van der Waals surface area contributed by atoms with Crippen LogP contribution in [0.15, 0.2) is 29.3 Å². The van der Waals surface area contributed by atoms with Crippen molar-refractivity contribution in [2.45, 2.75) is 32.4 Å². The molecular formula is C15H22N2OS. The third kappa shape index (κ3) is 4.46. The number of amidine groups is 1. The molecule has 1 aliphatic rings. The van der Waals surface area contributed by atoms with Crippen LogP contribution in [0.5, 0.6) is 5.75 Å². The second kappa shape index (κ2) is 6.85. The molecule has 0 saturated heterocycles. The van der Waals surface area contributed by atoms with Crippen LogP contribution in [-0.2, 0) is 0 Å². The van der Waals surface area contributed by atoms with Crippen molar-refractivity contribution in [1.82, 2.24) is 0 Å². The van der Waals surface area contributed by atoms with Gasteiger partial charge < -0.3 is 10.1 Å². The Morgan fingerprint density at radius 1 is 1.47 bits per heavy atom. The highest BCUT2D eigenvalue weighted by atomic mass is 32.2. The molecule has 4 heteroatoms. The molecule has 0 radical (unpaired) electrons. The third-order valence-corrected chi connectivity index (χ3v) is 3.98. The second-order valence-corrected chi connectivity index (χ2v) is 6.39. The molecule has 0 bridgehead atoms. The molecule has 19 heavy (non-hydrogen) atoms. The first kappa shape index (κ1) is 14.3. The molecular weight excluding hydrogens is 256 g/mol. The van der Waals surface area contributed by atoms with Gasteiger partial charge in [-0.1, -0.05) is 31.7 Å². The summed E-state index contributed by atoms with van der Waals surface area (Å²) in [7, 11) is 0. The standard InChI is InChI=1S/C15H22N2OS/c1-4-18-13-7-5-6-12(9-13)17-15-16-10-14(19-15)8-11(2)3/h5-7,9,11,14H,4,8,10H2,1-3H3,(H,16,17). The van der Waals surface area contributed by atoms with E-state index < -0.39 is 0 Å². The van der Waals surface area contributed by atoms with Gasteiger partial charge in [-0.2, -0.15) is 0 Å². The smallest absolute Gasteiger partial charge is 0.161 e. The van der Waals surface area contributed by atoms with Crippen LogP contribution in [0.1, 0.15) is 27.2 Å². The fourth-order valence-corrected chi connectivity index (χ4v) is 3.36. The molecule has 0 spiro atoms. The lowest BCUT2D eigenvalue weighted by Crippen LogP contribution is -2.09. The number of aliphatic imine (C=N–C) groups is 1. The molecule has 1 N–H and O–H groups in total. The lowest BCUT2D eigenvalue weighted by molar-refractivity contribution is 0.340. The Kier molecular flexibility index (Phi) is 5.14. The van der Waals surface area contributed by atoms with Gasteiger partial charge in [0.05, 0.1) is 13.2 Å². The molecule has 1 heterocycles. The van der Waals surface area contributed by atoms with Gasteiger partial charge in [-0.05, 0) is 31.4 Å². The molecule has 1 unspecified atom stereocenters. The molecule has 104 valence electrons. The van der Waals surface area contributed by atoms with E-state index in [1.807, 2.05) is 43.0 Å². The summed E-state index contributed by atoms with van der Waals surface area (Å²) in [6.45, 7) is 8.13. The number of ether oxygens (including phenoxy) is 1. The van der Waals surface area contributed by atoms with Gasteiger partial charge in [0.25, 0.3) is 0 Å². The number of rotatable bonds is 5. The van der Waals surface area contributed by atoms with E-state index in [1.165, 1.54) is 6.42 Å². The Labute approximate surface area is 119 Å². The zero-order valence-corrected chi connectivity index (χ0v) is 12.7. The van der Waals surface area contributed by atoms with Crippen LogP contribution in [0.2, 0.25) is 0 Å². The van der Waals surface area contributed by atoms with E-state index in [4.69, 9.17) is 4.74 Å². The average molecular weight is 278 g/mol. The number of benzene rings is 1. The van der Waals surface area contributed by atoms with Gasteiger partial charge in [0.2, 0.25) is 0 Å². The van der Waals surface area contributed by atoms with Crippen LogP contribution in [-0.4, -0.2) is 23.6 Å². The minimum Gasteiger partial charge on any atom is -0.494 e. The SMILES string of the molecule is CCOc1cccc(NC2=NCC(CC(C)C)S2)c1. The first-order valence-corrected chi connectivity index (χ1v) is 7.76. The first-order valence-electron chi connectivity index (χ1n) is 6.88. The van der Waals surface area contributed by atoms with Crippen LogP contribution < -0.4 is 10.1 Å². The van der Waals surface area contributed by atoms with Gasteiger partial charge >= 0.3 is 0 Å². The first-order chi connectivity index (χ1) is 9.17. The minimum atomic E-state index is 0.623. The van der Waals surface area contributed by atoms with E-state index in [9.17, 15) is 0 Å². The summed E-state index contributed by atoms with van der Waals surface area (Å²) in [5.41, 5.74) is 1.04. The Morgan fingerprint density at radius 2 is 2.32 bits per heavy atom. The molecule has 0 amide bonds. The van der Waals surface area contributed by atoms with E-state index in [2.05, 4.69) is 24.2 Å². The summed E-state index contributed by atoms with van der Waals surface area (Å²) >= 11 is 1.85. The molecule has 1 aromatic rings. The Morgan fingerprint density at radius 3 is 3.05 bits per heavy atom. The number of anilines is 1. The maximum Gasteiger partial charge on any atom is 0.161 e. The Hall–Kier alpha value is -1.16. The fourth-order valence-electron chi connectivity index (χ4n) is 2.09.